The first-order valence-electron chi connectivity index (χ1n) is 7.19. The van der Waals surface area contributed by atoms with Gasteiger partial charge in [0.15, 0.2) is 0 Å². The van der Waals surface area contributed by atoms with Crippen LogP contribution in [0.25, 0.3) is 0 Å². The van der Waals surface area contributed by atoms with Crippen molar-refractivity contribution in [1.29, 1.82) is 0 Å². The fourth-order valence-corrected chi connectivity index (χ4v) is 3.92. The van der Waals surface area contributed by atoms with Crippen molar-refractivity contribution in [2.45, 2.75) is 51.4 Å². The quantitative estimate of drug-likeness (QED) is 0.903. The van der Waals surface area contributed by atoms with Crippen molar-refractivity contribution in [3.8, 4) is 0 Å². The van der Waals surface area contributed by atoms with Crippen molar-refractivity contribution >= 4 is 0 Å². The molecule has 1 aromatic rings. The summed E-state index contributed by atoms with van der Waals surface area (Å²) < 4.78 is 20.3. The molecule has 0 radical (unpaired) electrons. The van der Waals surface area contributed by atoms with E-state index in [4.69, 9.17) is 4.74 Å². The van der Waals surface area contributed by atoms with Crippen LogP contribution in [0.2, 0.25) is 0 Å². The van der Waals surface area contributed by atoms with Crippen molar-refractivity contribution in [3.05, 3.63) is 34.6 Å². The molecule has 2 nitrogen and oxygen atoms in total. The third-order valence-electron chi connectivity index (χ3n) is 4.68. The second kappa shape index (κ2) is 4.88. The Morgan fingerprint density at radius 2 is 2.11 bits per heavy atom. The van der Waals surface area contributed by atoms with Crippen LogP contribution in [0.3, 0.4) is 0 Å². The largest absolute Gasteiger partial charge is 0.375 e. The van der Waals surface area contributed by atoms with Crippen LogP contribution in [0.1, 0.15) is 42.0 Å². The number of nitrogens with one attached hydrogen (secondary N) is 1. The van der Waals surface area contributed by atoms with E-state index in [1.165, 1.54) is 6.42 Å². The van der Waals surface area contributed by atoms with E-state index >= 15 is 0 Å². The number of rotatable bonds is 3. The summed E-state index contributed by atoms with van der Waals surface area (Å²) in [7, 11) is 1.93. The molecule has 4 atom stereocenters. The minimum Gasteiger partial charge on any atom is -0.375 e. The highest BCUT2D eigenvalue weighted by Gasteiger charge is 2.45. The molecule has 2 fully saturated rings. The lowest BCUT2D eigenvalue weighted by Crippen LogP contribution is -2.33. The standard InChI is InChI=1S/C16H22FNO/c1-9-6-10(2)15(13(17)7-9)16(18-3)12-8-11-4-5-14(12)19-11/h6-7,11-12,14,16,18H,4-5,8H2,1-3H3. The highest BCUT2D eigenvalue weighted by atomic mass is 19.1. The molecule has 1 aromatic carbocycles. The van der Waals surface area contributed by atoms with E-state index in [2.05, 4.69) is 11.4 Å². The van der Waals surface area contributed by atoms with Crippen LogP contribution in [0.15, 0.2) is 12.1 Å². The van der Waals surface area contributed by atoms with E-state index in [9.17, 15) is 4.39 Å². The molecular formula is C16H22FNO. The zero-order chi connectivity index (χ0) is 13.6. The molecule has 0 saturated carbocycles. The first-order valence-corrected chi connectivity index (χ1v) is 7.19. The highest BCUT2D eigenvalue weighted by molar-refractivity contribution is 5.35. The zero-order valence-electron chi connectivity index (χ0n) is 11.9. The number of hydrogen-bond acceptors (Lipinski definition) is 2. The fraction of sp³-hybridized carbons (Fsp3) is 0.625. The van der Waals surface area contributed by atoms with Gasteiger partial charge in [-0.1, -0.05) is 6.07 Å². The molecule has 2 bridgehead atoms. The van der Waals surface area contributed by atoms with E-state index in [1.54, 1.807) is 6.07 Å². The van der Waals surface area contributed by atoms with Crippen LogP contribution in [-0.2, 0) is 4.74 Å². The summed E-state index contributed by atoms with van der Waals surface area (Å²) in [6, 6.07) is 3.77. The minimum absolute atomic E-state index is 0.0656. The van der Waals surface area contributed by atoms with Crippen molar-refractivity contribution in [2.75, 3.05) is 7.05 Å². The Bertz CT molecular complexity index is 465. The van der Waals surface area contributed by atoms with Gasteiger partial charge in [0.25, 0.3) is 0 Å². The van der Waals surface area contributed by atoms with Gasteiger partial charge in [-0.2, -0.15) is 0 Å². The molecule has 2 aliphatic rings. The Kier molecular flexibility index (Phi) is 3.35. The topological polar surface area (TPSA) is 21.3 Å². The van der Waals surface area contributed by atoms with Crippen LogP contribution in [0.5, 0.6) is 0 Å². The van der Waals surface area contributed by atoms with Crippen molar-refractivity contribution in [1.82, 2.24) is 5.32 Å². The van der Waals surface area contributed by atoms with E-state index in [1.807, 2.05) is 20.9 Å². The van der Waals surface area contributed by atoms with Gasteiger partial charge in [0.05, 0.1) is 12.2 Å². The number of fused-ring (bicyclic) bond motifs is 2. The smallest absolute Gasteiger partial charge is 0.128 e. The van der Waals surface area contributed by atoms with Gasteiger partial charge in [-0.25, -0.2) is 4.39 Å². The molecule has 3 rings (SSSR count). The molecule has 0 spiro atoms. The van der Waals surface area contributed by atoms with E-state index in [-0.39, 0.29) is 11.9 Å². The highest BCUT2D eigenvalue weighted by Crippen LogP contribution is 2.45. The Morgan fingerprint density at radius 3 is 2.63 bits per heavy atom. The van der Waals surface area contributed by atoms with Gasteiger partial charge in [-0.15, -0.1) is 0 Å². The number of ether oxygens (including phenoxy) is 1. The van der Waals surface area contributed by atoms with E-state index < -0.39 is 0 Å². The molecule has 4 unspecified atom stereocenters. The van der Waals surface area contributed by atoms with Crippen molar-refractivity contribution in [3.63, 3.8) is 0 Å². The maximum atomic E-state index is 14.4. The molecule has 1 N–H and O–H groups in total. The third-order valence-corrected chi connectivity index (χ3v) is 4.68. The molecular weight excluding hydrogens is 241 g/mol. The van der Waals surface area contributed by atoms with Crippen molar-refractivity contribution in [2.24, 2.45) is 5.92 Å². The summed E-state index contributed by atoms with van der Waals surface area (Å²) in [4.78, 5) is 0. The molecule has 2 heterocycles. The first-order chi connectivity index (χ1) is 9.10. The average Bonchev–Trinajstić information content (AvgIpc) is 2.95. The maximum absolute atomic E-state index is 14.4. The molecule has 104 valence electrons. The molecule has 19 heavy (non-hydrogen) atoms. The molecule has 0 aromatic heterocycles. The fourth-order valence-electron chi connectivity index (χ4n) is 3.92. The second-order valence-corrected chi connectivity index (χ2v) is 6.02. The summed E-state index contributed by atoms with van der Waals surface area (Å²) in [5.41, 5.74) is 2.85. The zero-order valence-corrected chi connectivity index (χ0v) is 11.9. The molecule has 2 saturated heterocycles. The summed E-state index contributed by atoms with van der Waals surface area (Å²) in [5.74, 6) is 0.319. The van der Waals surface area contributed by atoms with Gasteiger partial charge in [-0.3, -0.25) is 0 Å². The second-order valence-electron chi connectivity index (χ2n) is 6.02. The molecule has 0 aliphatic carbocycles. The molecule has 2 aliphatic heterocycles. The van der Waals surface area contributed by atoms with E-state index in [0.29, 0.717) is 18.1 Å². The normalized spacial score (nSPS) is 30.8. The predicted molar refractivity (Wildman–Crippen MR) is 73.7 cm³/mol. The number of aryl methyl sites for hydroxylation is 2. The van der Waals surface area contributed by atoms with Crippen LogP contribution in [-0.4, -0.2) is 19.3 Å². The van der Waals surface area contributed by atoms with E-state index in [0.717, 1.165) is 29.5 Å². The van der Waals surface area contributed by atoms with Crippen LogP contribution >= 0.6 is 0 Å². The SMILES string of the molecule is CNC(c1c(C)cc(C)cc1F)C1CC2CCC1O2. The lowest BCUT2D eigenvalue weighted by Gasteiger charge is -2.30. The van der Waals surface area contributed by atoms with Gasteiger partial charge < -0.3 is 10.1 Å². The van der Waals surface area contributed by atoms with Gasteiger partial charge in [0, 0.05) is 17.5 Å². The summed E-state index contributed by atoms with van der Waals surface area (Å²) in [6.07, 6.45) is 4.07. The number of halogens is 1. The van der Waals surface area contributed by atoms with Crippen LogP contribution in [0.4, 0.5) is 4.39 Å². The van der Waals surface area contributed by atoms with Gasteiger partial charge >= 0.3 is 0 Å². The molecule has 0 amide bonds. The summed E-state index contributed by atoms with van der Waals surface area (Å²) in [5, 5.41) is 3.33. The lowest BCUT2D eigenvalue weighted by molar-refractivity contribution is 0.0860. The average molecular weight is 263 g/mol. The number of benzene rings is 1. The Hall–Kier alpha value is -0.930. The Morgan fingerprint density at radius 1 is 1.32 bits per heavy atom. The molecule has 3 heteroatoms. The first kappa shape index (κ1) is 13.1. The Balaban J connectivity index is 1.95. The maximum Gasteiger partial charge on any atom is 0.128 e. The Labute approximate surface area is 114 Å². The van der Waals surface area contributed by atoms with Crippen molar-refractivity contribution < 1.29 is 9.13 Å². The van der Waals surface area contributed by atoms with Crippen LogP contribution < -0.4 is 5.32 Å². The van der Waals surface area contributed by atoms with Gasteiger partial charge in [0.1, 0.15) is 5.82 Å². The third kappa shape index (κ3) is 2.19. The summed E-state index contributed by atoms with van der Waals surface area (Å²) >= 11 is 0. The lowest BCUT2D eigenvalue weighted by atomic mass is 9.79. The van der Waals surface area contributed by atoms with Gasteiger partial charge in [-0.05, 0) is 57.4 Å². The van der Waals surface area contributed by atoms with Gasteiger partial charge in [0.2, 0.25) is 0 Å². The minimum atomic E-state index is -0.0837. The summed E-state index contributed by atoms with van der Waals surface area (Å²) in [6.45, 7) is 3.94. The number of hydrogen-bond donors (Lipinski definition) is 1. The predicted octanol–water partition coefficient (Wildman–Crippen LogP) is 3.27. The monoisotopic (exact) mass is 263 g/mol. The van der Waals surface area contributed by atoms with Crippen LogP contribution in [0, 0.1) is 25.6 Å².